The van der Waals surface area contributed by atoms with Crippen molar-refractivity contribution < 1.29 is 0 Å². The van der Waals surface area contributed by atoms with Crippen LogP contribution in [0.15, 0.2) is 18.2 Å². The van der Waals surface area contributed by atoms with Gasteiger partial charge in [0.25, 0.3) is 0 Å². The van der Waals surface area contributed by atoms with Crippen LogP contribution in [0, 0.1) is 19.8 Å². The smallest absolute Gasteiger partial charge is 0.0401 e. The number of nitrogens with zero attached hydrogens (tertiary/aromatic N) is 1. The standard InChI is InChI=1S/C15H24N2/c1-11-6-5-7-15(12(11)2)17-9-8-14(10-16-4)13(17)3/h5-7,13-14,16H,8-10H2,1-4H3. The Bertz CT molecular complexity index is 387. The summed E-state index contributed by atoms with van der Waals surface area (Å²) >= 11 is 0. The van der Waals surface area contributed by atoms with Crippen molar-refractivity contribution in [2.45, 2.75) is 33.2 Å². The monoisotopic (exact) mass is 232 g/mol. The van der Waals surface area contributed by atoms with Crippen molar-refractivity contribution in [2.75, 3.05) is 25.0 Å². The van der Waals surface area contributed by atoms with Gasteiger partial charge in [0.15, 0.2) is 0 Å². The minimum atomic E-state index is 0.642. The lowest BCUT2D eigenvalue weighted by Crippen LogP contribution is -2.34. The third-order valence-corrected chi connectivity index (χ3v) is 4.27. The molecule has 0 bridgehead atoms. The first-order chi connectivity index (χ1) is 8.15. The highest BCUT2D eigenvalue weighted by Crippen LogP contribution is 2.32. The Labute approximate surface area is 105 Å². The molecule has 1 fully saturated rings. The Morgan fingerprint density at radius 2 is 2.12 bits per heavy atom. The third-order valence-electron chi connectivity index (χ3n) is 4.27. The van der Waals surface area contributed by atoms with Gasteiger partial charge in [-0.15, -0.1) is 0 Å². The number of anilines is 1. The number of nitrogens with one attached hydrogen (secondary N) is 1. The average molecular weight is 232 g/mol. The zero-order valence-corrected chi connectivity index (χ0v) is 11.5. The van der Waals surface area contributed by atoms with E-state index >= 15 is 0 Å². The normalized spacial score (nSPS) is 24.4. The van der Waals surface area contributed by atoms with E-state index in [1.165, 1.54) is 29.8 Å². The van der Waals surface area contributed by atoms with E-state index in [4.69, 9.17) is 0 Å². The molecule has 1 aromatic carbocycles. The van der Waals surface area contributed by atoms with E-state index in [1.54, 1.807) is 0 Å². The predicted octanol–water partition coefficient (Wildman–Crippen LogP) is 2.74. The molecular formula is C15H24N2. The highest BCUT2D eigenvalue weighted by Gasteiger charge is 2.30. The fourth-order valence-corrected chi connectivity index (χ4v) is 2.93. The van der Waals surface area contributed by atoms with Gasteiger partial charge >= 0.3 is 0 Å². The second kappa shape index (κ2) is 5.09. The molecule has 0 aromatic heterocycles. The summed E-state index contributed by atoms with van der Waals surface area (Å²) in [6.07, 6.45) is 1.30. The van der Waals surface area contributed by atoms with Crippen LogP contribution in [-0.4, -0.2) is 26.2 Å². The fourth-order valence-electron chi connectivity index (χ4n) is 2.93. The molecule has 0 spiro atoms. The molecule has 2 rings (SSSR count). The van der Waals surface area contributed by atoms with Crippen molar-refractivity contribution in [1.82, 2.24) is 5.32 Å². The molecule has 0 aliphatic carbocycles. The van der Waals surface area contributed by atoms with E-state index in [-0.39, 0.29) is 0 Å². The van der Waals surface area contributed by atoms with Crippen LogP contribution in [0.5, 0.6) is 0 Å². The summed E-state index contributed by atoms with van der Waals surface area (Å²) in [4.78, 5) is 2.57. The second-order valence-electron chi connectivity index (χ2n) is 5.26. The van der Waals surface area contributed by atoms with Crippen LogP contribution in [0.2, 0.25) is 0 Å². The van der Waals surface area contributed by atoms with Crippen LogP contribution in [0.25, 0.3) is 0 Å². The highest BCUT2D eigenvalue weighted by atomic mass is 15.2. The average Bonchev–Trinajstić information content (AvgIpc) is 2.66. The largest absolute Gasteiger partial charge is 0.368 e. The van der Waals surface area contributed by atoms with Crippen molar-refractivity contribution >= 4 is 5.69 Å². The first-order valence-corrected chi connectivity index (χ1v) is 6.62. The number of rotatable bonds is 3. The molecule has 0 amide bonds. The predicted molar refractivity (Wildman–Crippen MR) is 74.8 cm³/mol. The molecule has 17 heavy (non-hydrogen) atoms. The molecule has 1 aliphatic heterocycles. The SMILES string of the molecule is CNCC1CCN(c2cccc(C)c2C)C1C. The second-order valence-corrected chi connectivity index (χ2v) is 5.26. The van der Waals surface area contributed by atoms with Crippen molar-refractivity contribution in [3.05, 3.63) is 29.3 Å². The molecule has 1 N–H and O–H groups in total. The van der Waals surface area contributed by atoms with Crippen LogP contribution < -0.4 is 10.2 Å². The van der Waals surface area contributed by atoms with E-state index in [1.807, 2.05) is 7.05 Å². The molecule has 2 unspecified atom stereocenters. The highest BCUT2D eigenvalue weighted by molar-refractivity contribution is 5.57. The lowest BCUT2D eigenvalue weighted by atomic mass is 10.0. The maximum Gasteiger partial charge on any atom is 0.0401 e. The van der Waals surface area contributed by atoms with Crippen LogP contribution in [-0.2, 0) is 0 Å². The molecule has 2 atom stereocenters. The van der Waals surface area contributed by atoms with Gasteiger partial charge in [0.05, 0.1) is 0 Å². The van der Waals surface area contributed by atoms with Gasteiger partial charge in [-0.25, -0.2) is 0 Å². The molecule has 1 saturated heterocycles. The quantitative estimate of drug-likeness (QED) is 0.862. The Kier molecular flexibility index (Phi) is 3.72. The van der Waals surface area contributed by atoms with Crippen LogP contribution >= 0.6 is 0 Å². The summed E-state index contributed by atoms with van der Waals surface area (Å²) < 4.78 is 0. The topological polar surface area (TPSA) is 15.3 Å². The summed E-state index contributed by atoms with van der Waals surface area (Å²) in [7, 11) is 2.05. The van der Waals surface area contributed by atoms with Crippen molar-refractivity contribution in [3.8, 4) is 0 Å². The number of hydrogen-bond acceptors (Lipinski definition) is 2. The van der Waals surface area contributed by atoms with Crippen molar-refractivity contribution in [3.63, 3.8) is 0 Å². The molecule has 2 nitrogen and oxygen atoms in total. The van der Waals surface area contributed by atoms with Gasteiger partial charge in [0, 0.05) is 18.3 Å². The van der Waals surface area contributed by atoms with Crippen molar-refractivity contribution in [2.24, 2.45) is 5.92 Å². The molecule has 1 aromatic rings. The third kappa shape index (κ3) is 2.32. The van der Waals surface area contributed by atoms with E-state index < -0.39 is 0 Å². The minimum absolute atomic E-state index is 0.642. The number of aryl methyl sites for hydroxylation is 1. The van der Waals surface area contributed by atoms with Gasteiger partial charge in [0.1, 0.15) is 0 Å². The lowest BCUT2D eigenvalue weighted by molar-refractivity contribution is 0.473. The first-order valence-electron chi connectivity index (χ1n) is 6.62. The van der Waals surface area contributed by atoms with Gasteiger partial charge in [-0.1, -0.05) is 12.1 Å². The Morgan fingerprint density at radius 1 is 1.35 bits per heavy atom. The van der Waals surface area contributed by atoms with Gasteiger partial charge < -0.3 is 10.2 Å². The zero-order valence-electron chi connectivity index (χ0n) is 11.5. The summed E-state index contributed by atoms with van der Waals surface area (Å²) in [5, 5.41) is 3.31. The summed E-state index contributed by atoms with van der Waals surface area (Å²) in [6, 6.07) is 7.28. The molecule has 0 saturated carbocycles. The molecule has 0 radical (unpaired) electrons. The molecule has 1 heterocycles. The minimum Gasteiger partial charge on any atom is -0.368 e. The maximum absolute atomic E-state index is 3.31. The first kappa shape index (κ1) is 12.4. The van der Waals surface area contributed by atoms with Gasteiger partial charge in [-0.2, -0.15) is 0 Å². The Hall–Kier alpha value is -1.02. The van der Waals surface area contributed by atoms with Gasteiger partial charge in [-0.3, -0.25) is 0 Å². The van der Waals surface area contributed by atoms with Crippen molar-refractivity contribution in [1.29, 1.82) is 0 Å². The summed E-state index contributed by atoms with van der Waals surface area (Å²) in [5.74, 6) is 0.778. The molecule has 1 aliphatic rings. The van der Waals surface area contributed by atoms with Gasteiger partial charge in [-0.05, 0) is 63.9 Å². The fraction of sp³-hybridized carbons (Fsp3) is 0.600. The number of benzene rings is 1. The molecular weight excluding hydrogens is 208 g/mol. The van der Waals surface area contributed by atoms with E-state index in [0.717, 1.165) is 12.5 Å². The van der Waals surface area contributed by atoms with Crippen LogP contribution in [0.3, 0.4) is 0 Å². The molecule has 2 heteroatoms. The Balaban J connectivity index is 2.21. The van der Waals surface area contributed by atoms with Crippen LogP contribution in [0.4, 0.5) is 5.69 Å². The maximum atomic E-state index is 3.31. The summed E-state index contributed by atoms with van der Waals surface area (Å²) in [5.41, 5.74) is 4.26. The lowest BCUT2D eigenvalue weighted by Gasteiger charge is -2.28. The zero-order chi connectivity index (χ0) is 12.4. The van der Waals surface area contributed by atoms with E-state index in [0.29, 0.717) is 6.04 Å². The Morgan fingerprint density at radius 3 is 2.82 bits per heavy atom. The van der Waals surface area contributed by atoms with Crippen LogP contribution in [0.1, 0.15) is 24.5 Å². The van der Waals surface area contributed by atoms with E-state index in [9.17, 15) is 0 Å². The summed E-state index contributed by atoms with van der Waals surface area (Å²) in [6.45, 7) is 9.12. The number of hydrogen-bond donors (Lipinski definition) is 1. The van der Waals surface area contributed by atoms with Gasteiger partial charge in [0.2, 0.25) is 0 Å². The molecule has 94 valence electrons. The van der Waals surface area contributed by atoms with E-state index in [2.05, 4.69) is 49.2 Å².